The van der Waals surface area contributed by atoms with E-state index < -0.39 is 21.7 Å². The fourth-order valence-electron chi connectivity index (χ4n) is 2.46. The predicted molar refractivity (Wildman–Crippen MR) is 104 cm³/mol. The third kappa shape index (κ3) is 5.28. The minimum absolute atomic E-state index is 0.0782. The largest absolute Gasteiger partial charge is 0.456 e. The number of ether oxygens (including phenoxy) is 1. The van der Waals surface area contributed by atoms with Gasteiger partial charge >= 0.3 is 0 Å². The van der Waals surface area contributed by atoms with Crippen molar-refractivity contribution in [1.29, 1.82) is 0 Å². The molecule has 8 nitrogen and oxygen atoms in total. The number of aliphatic imine (C=N–C) groups is 1. The normalized spacial score (nSPS) is 11.1. The molecule has 0 aliphatic rings. The Morgan fingerprint density at radius 3 is 2.30 bits per heavy atom. The van der Waals surface area contributed by atoms with Crippen LogP contribution in [0.3, 0.4) is 0 Å². The van der Waals surface area contributed by atoms with Crippen LogP contribution in [-0.4, -0.2) is 33.1 Å². The van der Waals surface area contributed by atoms with E-state index in [1.807, 2.05) is 12.1 Å². The van der Waals surface area contributed by atoms with Crippen LogP contribution in [0, 0.1) is 6.92 Å². The second-order valence-corrected chi connectivity index (χ2v) is 8.00. The highest BCUT2D eigenvalue weighted by molar-refractivity contribution is 7.90. The zero-order chi connectivity index (χ0) is 20.2. The SMILES string of the molecule is Cc1cc(Oc2ccc(CCN)cc2)c(S(C)(=O)=O)cc1C(=O)N=C(N)N. The van der Waals surface area contributed by atoms with Gasteiger partial charge < -0.3 is 21.9 Å². The Morgan fingerprint density at radius 2 is 1.78 bits per heavy atom. The van der Waals surface area contributed by atoms with E-state index in [0.29, 0.717) is 17.9 Å². The number of amides is 1. The summed E-state index contributed by atoms with van der Waals surface area (Å²) in [6.07, 6.45) is 1.76. The first-order valence-electron chi connectivity index (χ1n) is 8.07. The lowest BCUT2D eigenvalue weighted by Gasteiger charge is -2.13. The Kier molecular flexibility index (Phi) is 6.19. The van der Waals surface area contributed by atoms with Crippen molar-refractivity contribution in [2.45, 2.75) is 18.2 Å². The van der Waals surface area contributed by atoms with Gasteiger partial charge in [0.25, 0.3) is 5.91 Å². The maximum Gasteiger partial charge on any atom is 0.280 e. The number of benzene rings is 2. The zero-order valence-electron chi connectivity index (χ0n) is 15.1. The molecule has 0 spiro atoms. The molecule has 27 heavy (non-hydrogen) atoms. The molecule has 2 aromatic rings. The van der Waals surface area contributed by atoms with E-state index in [9.17, 15) is 13.2 Å². The fraction of sp³-hybridized carbons (Fsp3) is 0.222. The molecule has 144 valence electrons. The molecule has 0 saturated heterocycles. The Hall–Kier alpha value is -2.91. The smallest absolute Gasteiger partial charge is 0.280 e. The van der Waals surface area contributed by atoms with Crippen molar-refractivity contribution >= 4 is 21.7 Å². The van der Waals surface area contributed by atoms with Gasteiger partial charge in [0.1, 0.15) is 16.4 Å². The van der Waals surface area contributed by atoms with Crippen LogP contribution in [0.2, 0.25) is 0 Å². The number of aryl methyl sites for hydroxylation is 1. The molecule has 0 aromatic heterocycles. The summed E-state index contributed by atoms with van der Waals surface area (Å²) >= 11 is 0. The Morgan fingerprint density at radius 1 is 1.15 bits per heavy atom. The van der Waals surface area contributed by atoms with Gasteiger partial charge in [0.15, 0.2) is 15.8 Å². The van der Waals surface area contributed by atoms with E-state index in [-0.39, 0.29) is 16.2 Å². The number of hydrogen-bond acceptors (Lipinski definition) is 5. The molecule has 2 aromatic carbocycles. The van der Waals surface area contributed by atoms with E-state index in [1.165, 1.54) is 12.1 Å². The molecule has 0 aliphatic heterocycles. The Labute approximate surface area is 157 Å². The summed E-state index contributed by atoms with van der Waals surface area (Å²) in [5.41, 5.74) is 17.6. The van der Waals surface area contributed by atoms with Gasteiger partial charge in [-0.3, -0.25) is 4.79 Å². The molecule has 6 N–H and O–H groups in total. The summed E-state index contributed by atoms with van der Waals surface area (Å²) < 4.78 is 30.2. The zero-order valence-corrected chi connectivity index (χ0v) is 15.9. The summed E-state index contributed by atoms with van der Waals surface area (Å²) in [5.74, 6) is -0.556. The van der Waals surface area contributed by atoms with Crippen LogP contribution in [-0.2, 0) is 16.3 Å². The molecule has 0 fully saturated rings. The second kappa shape index (κ2) is 8.19. The minimum atomic E-state index is -3.68. The van der Waals surface area contributed by atoms with E-state index in [4.69, 9.17) is 21.9 Å². The lowest BCUT2D eigenvalue weighted by Crippen LogP contribution is -2.24. The maximum atomic E-state index is 12.2. The van der Waals surface area contributed by atoms with Crippen LogP contribution >= 0.6 is 0 Å². The van der Waals surface area contributed by atoms with Crippen LogP contribution < -0.4 is 21.9 Å². The maximum absolute atomic E-state index is 12.2. The van der Waals surface area contributed by atoms with E-state index >= 15 is 0 Å². The predicted octanol–water partition coefficient (Wildman–Crippen LogP) is 1.11. The third-order valence-electron chi connectivity index (χ3n) is 3.74. The number of hydrogen-bond donors (Lipinski definition) is 3. The monoisotopic (exact) mass is 390 g/mol. The van der Waals surface area contributed by atoms with Gasteiger partial charge in [-0.2, -0.15) is 4.99 Å². The van der Waals surface area contributed by atoms with E-state index in [0.717, 1.165) is 18.2 Å². The first-order valence-corrected chi connectivity index (χ1v) is 9.96. The Bertz CT molecular complexity index is 979. The van der Waals surface area contributed by atoms with E-state index in [2.05, 4.69) is 4.99 Å². The van der Waals surface area contributed by atoms with Crippen molar-refractivity contribution in [3.05, 3.63) is 53.1 Å². The highest BCUT2D eigenvalue weighted by Crippen LogP contribution is 2.32. The molecule has 2 rings (SSSR count). The summed E-state index contributed by atoms with van der Waals surface area (Å²) in [4.78, 5) is 15.5. The lowest BCUT2D eigenvalue weighted by atomic mass is 10.1. The molecule has 0 bridgehead atoms. The van der Waals surface area contributed by atoms with Crippen molar-refractivity contribution in [3.63, 3.8) is 0 Å². The average molecular weight is 390 g/mol. The Balaban J connectivity index is 2.48. The molecule has 0 unspecified atom stereocenters. The summed E-state index contributed by atoms with van der Waals surface area (Å²) in [5, 5.41) is 0. The van der Waals surface area contributed by atoms with Crippen LogP contribution in [0.15, 0.2) is 46.3 Å². The summed E-state index contributed by atoms with van der Waals surface area (Å²) in [6.45, 7) is 2.17. The second-order valence-electron chi connectivity index (χ2n) is 6.01. The molecule has 0 heterocycles. The number of guanidine groups is 1. The van der Waals surface area contributed by atoms with Crippen LogP contribution in [0.25, 0.3) is 0 Å². The number of carbonyl (C=O) groups is 1. The number of rotatable bonds is 6. The summed E-state index contributed by atoms with van der Waals surface area (Å²) in [6, 6.07) is 9.85. The minimum Gasteiger partial charge on any atom is -0.456 e. The highest BCUT2D eigenvalue weighted by Gasteiger charge is 2.21. The fourth-order valence-corrected chi connectivity index (χ4v) is 3.25. The third-order valence-corrected chi connectivity index (χ3v) is 4.85. The van der Waals surface area contributed by atoms with Gasteiger partial charge in [0.05, 0.1) is 0 Å². The molecule has 1 amide bonds. The standard InChI is InChI=1S/C18H22N4O4S/c1-11-9-15(26-13-5-3-12(4-6-13)7-8-19)16(27(2,24)25)10-14(11)17(23)22-18(20)21/h3-6,9-10H,7-8,19H2,1-2H3,(H4,20,21,22,23). The molecule has 9 heteroatoms. The number of sulfone groups is 1. The quantitative estimate of drug-likeness (QED) is 0.493. The number of carbonyl (C=O) groups excluding carboxylic acids is 1. The van der Waals surface area contributed by atoms with E-state index in [1.54, 1.807) is 19.1 Å². The summed E-state index contributed by atoms with van der Waals surface area (Å²) in [7, 11) is -3.68. The van der Waals surface area contributed by atoms with Crippen molar-refractivity contribution in [2.24, 2.45) is 22.2 Å². The van der Waals surface area contributed by atoms with Crippen molar-refractivity contribution < 1.29 is 17.9 Å². The molecule has 0 radical (unpaired) electrons. The molecular weight excluding hydrogens is 368 g/mol. The topological polar surface area (TPSA) is 151 Å². The van der Waals surface area contributed by atoms with Crippen LogP contribution in [0.5, 0.6) is 11.5 Å². The van der Waals surface area contributed by atoms with Gasteiger partial charge in [-0.05, 0) is 55.3 Å². The molecule has 0 aliphatic carbocycles. The van der Waals surface area contributed by atoms with Crippen LogP contribution in [0.1, 0.15) is 21.5 Å². The first kappa shape index (κ1) is 20.4. The lowest BCUT2D eigenvalue weighted by molar-refractivity contribution is 0.100. The molecule has 0 atom stereocenters. The number of nitrogens with two attached hydrogens (primary N) is 3. The van der Waals surface area contributed by atoms with Crippen LogP contribution in [0.4, 0.5) is 0 Å². The van der Waals surface area contributed by atoms with Gasteiger partial charge in [-0.1, -0.05) is 12.1 Å². The van der Waals surface area contributed by atoms with Crippen molar-refractivity contribution in [3.8, 4) is 11.5 Å². The van der Waals surface area contributed by atoms with Gasteiger partial charge in [-0.15, -0.1) is 0 Å². The highest BCUT2D eigenvalue weighted by atomic mass is 32.2. The molecule has 0 saturated carbocycles. The van der Waals surface area contributed by atoms with Crippen molar-refractivity contribution in [2.75, 3.05) is 12.8 Å². The number of nitrogens with zero attached hydrogens (tertiary/aromatic N) is 1. The molecular formula is C18H22N4O4S. The van der Waals surface area contributed by atoms with Crippen molar-refractivity contribution in [1.82, 2.24) is 0 Å². The van der Waals surface area contributed by atoms with Gasteiger partial charge in [0, 0.05) is 11.8 Å². The van der Waals surface area contributed by atoms with Gasteiger partial charge in [-0.25, -0.2) is 8.42 Å². The van der Waals surface area contributed by atoms with Gasteiger partial charge in [0.2, 0.25) is 0 Å². The first-order chi connectivity index (χ1) is 12.6. The average Bonchev–Trinajstić information content (AvgIpc) is 2.55.